The Morgan fingerprint density at radius 3 is 2.75 bits per heavy atom. The van der Waals surface area contributed by atoms with E-state index in [4.69, 9.17) is 5.73 Å². The molecule has 0 aliphatic carbocycles. The first-order valence-corrected chi connectivity index (χ1v) is 6.65. The van der Waals surface area contributed by atoms with Crippen molar-refractivity contribution in [1.82, 2.24) is 14.8 Å². The van der Waals surface area contributed by atoms with Crippen LogP contribution in [0, 0.1) is 5.92 Å². The van der Waals surface area contributed by atoms with Crippen molar-refractivity contribution in [3.8, 4) is 5.69 Å². The van der Waals surface area contributed by atoms with Crippen LogP contribution in [0.4, 0.5) is 5.95 Å². The monoisotopic (exact) mass is 273 g/mol. The first-order valence-electron chi connectivity index (χ1n) is 6.65. The molecule has 0 aliphatic heterocycles. The van der Waals surface area contributed by atoms with E-state index in [-0.39, 0.29) is 11.8 Å². The predicted molar refractivity (Wildman–Crippen MR) is 77.4 cm³/mol. The zero-order valence-corrected chi connectivity index (χ0v) is 11.7. The number of aromatic nitrogens is 3. The molecule has 0 fully saturated rings. The van der Waals surface area contributed by atoms with Gasteiger partial charge in [-0.15, -0.1) is 10.2 Å². The summed E-state index contributed by atoms with van der Waals surface area (Å²) < 4.78 is 1.71. The number of anilines is 1. The van der Waals surface area contributed by atoms with E-state index in [1.807, 2.05) is 44.2 Å². The van der Waals surface area contributed by atoms with E-state index < -0.39 is 6.04 Å². The molecule has 2 aromatic rings. The van der Waals surface area contributed by atoms with Gasteiger partial charge in [0.15, 0.2) is 0 Å². The fourth-order valence-corrected chi connectivity index (χ4v) is 1.80. The zero-order chi connectivity index (χ0) is 14.5. The van der Waals surface area contributed by atoms with Crippen molar-refractivity contribution < 1.29 is 4.79 Å². The van der Waals surface area contributed by atoms with E-state index >= 15 is 0 Å². The lowest BCUT2D eigenvalue weighted by atomic mass is 10.00. The van der Waals surface area contributed by atoms with Crippen LogP contribution < -0.4 is 11.1 Å². The maximum atomic E-state index is 12.1. The largest absolute Gasteiger partial charge is 0.320 e. The molecule has 1 aromatic heterocycles. The minimum Gasteiger partial charge on any atom is -0.320 e. The molecule has 6 nitrogen and oxygen atoms in total. The highest BCUT2D eigenvalue weighted by Crippen LogP contribution is 2.14. The number of rotatable bonds is 5. The molecule has 2 unspecified atom stereocenters. The molecule has 2 atom stereocenters. The molecule has 0 bridgehead atoms. The molecule has 0 spiro atoms. The highest BCUT2D eigenvalue weighted by Gasteiger charge is 2.21. The fraction of sp³-hybridized carbons (Fsp3) is 0.357. The van der Waals surface area contributed by atoms with Crippen LogP contribution in [-0.4, -0.2) is 26.7 Å². The first kappa shape index (κ1) is 14.2. The van der Waals surface area contributed by atoms with Crippen LogP contribution >= 0.6 is 0 Å². The second-order valence-electron chi connectivity index (χ2n) is 4.76. The minimum absolute atomic E-state index is 0.114. The summed E-state index contributed by atoms with van der Waals surface area (Å²) in [5.74, 6) is 0.243. The molecule has 6 heteroatoms. The Labute approximate surface area is 118 Å². The third-order valence-corrected chi connectivity index (χ3v) is 3.38. The van der Waals surface area contributed by atoms with E-state index in [2.05, 4.69) is 15.5 Å². The van der Waals surface area contributed by atoms with E-state index in [1.165, 1.54) is 0 Å². The van der Waals surface area contributed by atoms with Gasteiger partial charge in [-0.2, -0.15) is 0 Å². The van der Waals surface area contributed by atoms with Crippen LogP contribution in [0.1, 0.15) is 20.3 Å². The average Bonchev–Trinajstić information content (AvgIpc) is 2.94. The van der Waals surface area contributed by atoms with Gasteiger partial charge >= 0.3 is 0 Å². The van der Waals surface area contributed by atoms with Crippen LogP contribution in [0.3, 0.4) is 0 Å². The number of para-hydroxylation sites is 1. The smallest absolute Gasteiger partial charge is 0.243 e. The third-order valence-electron chi connectivity index (χ3n) is 3.38. The SMILES string of the molecule is CCC(C)C(N)C(=O)Nc1nncn1-c1ccccc1. The molecule has 106 valence electrons. The number of carbonyl (C=O) groups excluding carboxylic acids is 1. The van der Waals surface area contributed by atoms with Gasteiger partial charge < -0.3 is 5.73 Å². The average molecular weight is 273 g/mol. The van der Waals surface area contributed by atoms with Gasteiger partial charge in [0.1, 0.15) is 6.33 Å². The Morgan fingerprint density at radius 2 is 2.10 bits per heavy atom. The summed E-state index contributed by atoms with van der Waals surface area (Å²) in [6.45, 7) is 3.95. The molecule has 2 rings (SSSR count). The fourth-order valence-electron chi connectivity index (χ4n) is 1.80. The number of amides is 1. The topological polar surface area (TPSA) is 85.8 Å². The van der Waals surface area contributed by atoms with E-state index in [9.17, 15) is 4.79 Å². The maximum absolute atomic E-state index is 12.1. The number of benzene rings is 1. The second kappa shape index (κ2) is 6.29. The highest BCUT2D eigenvalue weighted by molar-refractivity contribution is 5.93. The minimum atomic E-state index is -0.555. The molecular weight excluding hydrogens is 254 g/mol. The van der Waals surface area contributed by atoms with Crippen LogP contribution in [0.2, 0.25) is 0 Å². The molecule has 1 heterocycles. The molecule has 20 heavy (non-hydrogen) atoms. The number of nitrogens with two attached hydrogens (primary N) is 1. The van der Waals surface area contributed by atoms with Crippen molar-refractivity contribution in [1.29, 1.82) is 0 Å². The molecule has 0 saturated heterocycles. The quantitative estimate of drug-likeness (QED) is 0.866. The Kier molecular flexibility index (Phi) is 4.47. The Bertz CT molecular complexity index is 566. The van der Waals surface area contributed by atoms with Crippen molar-refractivity contribution in [2.75, 3.05) is 5.32 Å². The van der Waals surface area contributed by atoms with Crippen molar-refractivity contribution in [2.24, 2.45) is 11.7 Å². The second-order valence-corrected chi connectivity index (χ2v) is 4.76. The number of hydrogen-bond acceptors (Lipinski definition) is 4. The third kappa shape index (κ3) is 3.03. The van der Waals surface area contributed by atoms with Gasteiger partial charge in [0.25, 0.3) is 0 Å². The van der Waals surface area contributed by atoms with Gasteiger partial charge in [-0.05, 0) is 18.1 Å². The van der Waals surface area contributed by atoms with E-state index in [1.54, 1.807) is 10.9 Å². The Balaban J connectivity index is 2.16. The molecule has 3 N–H and O–H groups in total. The maximum Gasteiger partial charge on any atom is 0.243 e. The summed E-state index contributed by atoms with van der Waals surface area (Å²) in [6, 6.07) is 9.00. The van der Waals surface area contributed by atoms with Crippen LogP contribution in [0.15, 0.2) is 36.7 Å². The van der Waals surface area contributed by atoms with Crippen molar-refractivity contribution in [3.63, 3.8) is 0 Å². The lowest BCUT2D eigenvalue weighted by Crippen LogP contribution is -2.41. The standard InChI is InChI=1S/C14H19N5O/c1-3-10(2)12(15)13(20)17-14-18-16-9-19(14)11-7-5-4-6-8-11/h4-10,12H,3,15H2,1-2H3,(H,17,18,20). The van der Waals surface area contributed by atoms with Gasteiger partial charge in [-0.3, -0.25) is 14.7 Å². The van der Waals surface area contributed by atoms with Crippen molar-refractivity contribution in [2.45, 2.75) is 26.3 Å². The molecule has 0 aliphatic rings. The highest BCUT2D eigenvalue weighted by atomic mass is 16.2. The van der Waals surface area contributed by atoms with Crippen LogP contribution in [-0.2, 0) is 4.79 Å². The van der Waals surface area contributed by atoms with Crippen molar-refractivity contribution >= 4 is 11.9 Å². The molecule has 0 saturated carbocycles. The lowest BCUT2D eigenvalue weighted by Gasteiger charge is -2.17. The van der Waals surface area contributed by atoms with Crippen LogP contribution in [0.25, 0.3) is 5.69 Å². The number of hydrogen-bond donors (Lipinski definition) is 2. The molecule has 0 radical (unpaired) electrons. The Hall–Kier alpha value is -2.21. The molecule has 1 aromatic carbocycles. The van der Waals surface area contributed by atoms with Crippen molar-refractivity contribution in [3.05, 3.63) is 36.7 Å². The van der Waals surface area contributed by atoms with Gasteiger partial charge in [0, 0.05) is 0 Å². The van der Waals surface area contributed by atoms with Gasteiger partial charge in [0.2, 0.25) is 11.9 Å². The normalized spacial score (nSPS) is 13.8. The first-order chi connectivity index (χ1) is 9.63. The van der Waals surface area contributed by atoms with Gasteiger partial charge in [0.05, 0.1) is 11.7 Å². The molecule has 1 amide bonds. The van der Waals surface area contributed by atoms with E-state index in [0.29, 0.717) is 5.95 Å². The van der Waals surface area contributed by atoms with Crippen LogP contribution in [0.5, 0.6) is 0 Å². The number of carbonyl (C=O) groups is 1. The Morgan fingerprint density at radius 1 is 1.40 bits per heavy atom. The summed E-state index contributed by atoms with van der Waals surface area (Å²) in [7, 11) is 0. The van der Waals surface area contributed by atoms with Gasteiger partial charge in [-0.25, -0.2) is 0 Å². The summed E-state index contributed by atoms with van der Waals surface area (Å²) in [4.78, 5) is 12.1. The number of nitrogens with zero attached hydrogens (tertiary/aromatic N) is 3. The summed E-state index contributed by atoms with van der Waals surface area (Å²) in [5, 5.41) is 10.5. The molecular formula is C14H19N5O. The van der Waals surface area contributed by atoms with E-state index in [0.717, 1.165) is 12.1 Å². The van der Waals surface area contributed by atoms with Gasteiger partial charge in [-0.1, -0.05) is 38.5 Å². The summed E-state index contributed by atoms with van der Waals surface area (Å²) in [6.07, 6.45) is 2.40. The summed E-state index contributed by atoms with van der Waals surface area (Å²) in [5.41, 5.74) is 6.79. The number of nitrogens with one attached hydrogen (secondary N) is 1. The lowest BCUT2D eigenvalue weighted by molar-refractivity contribution is -0.118. The zero-order valence-electron chi connectivity index (χ0n) is 11.7. The summed E-state index contributed by atoms with van der Waals surface area (Å²) >= 11 is 0. The predicted octanol–water partition coefficient (Wildman–Crippen LogP) is 1.58.